The van der Waals surface area contributed by atoms with Crippen LogP contribution in [0.2, 0.25) is 0 Å². The summed E-state index contributed by atoms with van der Waals surface area (Å²) in [4.78, 5) is 22.7. The Labute approximate surface area is 100 Å². The van der Waals surface area contributed by atoms with Crippen molar-refractivity contribution in [2.75, 3.05) is 18.4 Å². The fraction of sp³-hybridized carbons (Fsp3) is 0.333. The van der Waals surface area contributed by atoms with Gasteiger partial charge in [0.1, 0.15) is 0 Å². The van der Waals surface area contributed by atoms with E-state index in [0.717, 1.165) is 6.42 Å². The summed E-state index contributed by atoms with van der Waals surface area (Å²) in [5, 5.41) is 4.91. The maximum absolute atomic E-state index is 11.4. The molecule has 4 N–H and O–H groups in total. The molecule has 0 spiro atoms. The first-order chi connectivity index (χ1) is 8.17. The molecule has 0 aliphatic carbocycles. The molecule has 17 heavy (non-hydrogen) atoms. The van der Waals surface area contributed by atoms with Crippen LogP contribution in [0.5, 0.6) is 0 Å². The zero-order valence-corrected chi connectivity index (χ0v) is 9.82. The number of amides is 2. The predicted molar refractivity (Wildman–Crippen MR) is 66.5 cm³/mol. The molecule has 0 aliphatic rings. The van der Waals surface area contributed by atoms with Crippen LogP contribution in [0, 0.1) is 0 Å². The molecule has 2 amide bonds. The summed E-state index contributed by atoms with van der Waals surface area (Å²) in [7, 11) is 0. The zero-order valence-electron chi connectivity index (χ0n) is 9.82. The number of hydrogen-bond acceptors (Lipinski definition) is 3. The Morgan fingerprint density at radius 3 is 2.35 bits per heavy atom. The van der Waals surface area contributed by atoms with E-state index in [1.807, 2.05) is 19.1 Å². The Kier molecular flexibility index (Phi) is 5.16. The minimum absolute atomic E-state index is 0.293. The molecule has 0 radical (unpaired) electrons. The molecule has 0 atom stereocenters. The molecule has 0 bridgehead atoms. The Morgan fingerprint density at radius 1 is 1.18 bits per heavy atom. The van der Waals surface area contributed by atoms with Gasteiger partial charge in [-0.05, 0) is 24.1 Å². The van der Waals surface area contributed by atoms with Gasteiger partial charge in [0.2, 0.25) is 0 Å². The summed E-state index contributed by atoms with van der Waals surface area (Å²) in [6.45, 7) is 2.65. The molecule has 1 aromatic rings. The molecule has 0 saturated heterocycles. The van der Waals surface area contributed by atoms with Crippen LogP contribution < -0.4 is 16.4 Å². The first-order valence-corrected chi connectivity index (χ1v) is 5.55. The number of carbonyl (C=O) groups is 2. The third-order valence-corrected chi connectivity index (χ3v) is 2.26. The summed E-state index contributed by atoms with van der Waals surface area (Å²) in [5.41, 5.74) is 7.00. The van der Waals surface area contributed by atoms with Crippen LogP contribution in [0.25, 0.3) is 0 Å². The average Bonchev–Trinajstić information content (AvgIpc) is 2.36. The van der Waals surface area contributed by atoms with Gasteiger partial charge in [-0.3, -0.25) is 9.59 Å². The van der Waals surface area contributed by atoms with Crippen LogP contribution >= 0.6 is 0 Å². The van der Waals surface area contributed by atoms with E-state index in [-0.39, 0.29) is 0 Å². The van der Waals surface area contributed by atoms with Gasteiger partial charge in [-0.25, -0.2) is 0 Å². The summed E-state index contributed by atoms with van der Waals surface area (Å²) in [6.07, 6.45) is 0.936. The van der Waals surface area contributed by atoms with Gasteiger partial charge in [-0.2, -0.15) is 0 Å². The lowest BCUT2D eigenvalue weighted by molar-refractivity contribution is -0.136. The monoisotopic (exact) mass is 235 g/mol. The fourth-order valence-electron chi connectivity index (χ4n) is 1.28. The van der Waals surface area contributed by atoms with Crippen LogP contribution in [0.15, 0.2) is 24.3 Å². The van der Waals surface area contributed by atoms with E-state index < -0.39 is 11.8 Å². The molecule has 0 fully saturated rings. The topological polar surface area (TPSA) is 84.2 Å². The maximum atomic E-state index is 11.4. The van der Waals surface area contributed by atoms with Gasteiger partial charge in [0.25, 0.3) is 0 Å². The number of carbonyl (C=O) groups excluding carboxylic acids is 2. The maximum Gasteiger partial charge on any atom is 0.313 e. The molecule has 0 saturated carbocycles. The molecular formula is C12H17N3O2. The second-order valence-corrected chi connectivity index (χ2v) is 3.55. The van der Waals surface area contributed by atoms with Crippen LogP contribution in [0.4, 0.5) is 5.69 Å². The van der Waals surface area contributed by atoms with Crippen LogP contribution in [0.3, 0.4) is 0 Å². The molecule has 1 aromatic carbocycles. The number of anilines is 1. The first kappa shape index (κ1) is 13.2. The first-order valence-electron chi connectivity index (χ1n) is 5.55. The van der Waals surface area contributed by atoms with E-state index in [0.29, 0.717) is 18.8 Å². The average molecular weight is 235 g/mol. The van der Waals surface area contributed by atoms with Crippen molar-refractivity contribution in [3.05, 3.63) is 29.8 Å². The molecule has 0 heterocycles. The second-order valence-electron chi connectivity index (χ2n) is 3.55. The van der Waals surface area contributed by atoms with Gasteiger partial charge in [0, 0.05) is 18.8 Å². The second kappa shape index (κ2) is 6.65. The molecule has 5 heteroatoms. The smallest absolute Gasteiger partial charge is 0.313 e. The Bertz CT molecular complexity index is 387. The number of rotatable bonds is 4. The standard InChI is InChI=1S/C12H17N3O2/c1-2-9-3-5-10(6-4-9)15-12(17)11(16)14-8-7-13/h3-6H,2,7-8,13H2,1H3,(H,14,16)(H,15,17). The van der Waals surface area contributed by atoms with Gasteiger partial charge >= 0.3 is 11.8 Å². The number of nitrogens with one attached hydrogen (secondary N) is 2. The predicted octanol–water partition coefficient (Wildman–Crippen LogP) is 0.262. The van der Waals surface area contributed by atoms with Gasteiger partial charge < -0.3 is 16.4 Å². The molecule has 0 unspecified atom stereocenters. The molecule has 0 aromatic heterocycles. The quantitative estimate of drug-likeness (QED) is 0.655. The fourth-order valence-corrected chi connectivity index (χ4v) is 1.28. The molecule has 1 rings (SSSR count). The summed E-state index contributed by atoms with van der Waals surface area (Å²) >= 11 is 0. The minimum atomic E-state index is -0.678. The number of hydrogen-bond donors (Lipinski definition) is 3. The zero-order chi connectivity index (χ0) is 12.7. The highest BCUT2D eigenvalue weighted by Crippen LogP contribution is 2.09. The highest BCUT2D eigenvalue weighted by Gasteiger charge is 2.12. The molecule has 5 nitrogen and oxygen atoms in total. The highest BCUT2D eigenvalue weighted by molar-refractivity contribution is 6.39. The van der Waals surface area contributed by atoms with E-state index in [4.69, 9.17) is 5.73 Å². The van der Waals surface area contributed by atoms with E-state index in [1.165, 1.54) is 5.56 Å². The van der Waals surface area contributed by atoms with Gasteiger partial charge in [-0.15, -0.1) is 0 Å². The lowest BCUT2D eigenvalue weighted by atomic mass is 10.1. The van der Waals surface area contributed by atoms with Crippen LogP contribution in [-0.4, -0.2) is 24.9 Å². The molecular weight excluding hydrogens is 218 g/mol. The normalized spacial score (nSPS) is 9.76. The Morgan fingerprint density at radius 2 is 1.82 bits per heavy atom. The SMILES string of the molecule is CCc1ccc(NC(=O)C(=O)NCCN)cc1. The summed E-state index contributed by atoms with van der Waals surface area (Å²) in [6, 6.07) is 7.36. The number of benzene rings is 1. The molecule has 0 aliphatic heterocycles. The lowest BCUT2D eigenvalue weighted by Crippen LogP contribution is -2.37. The van der Waals surface area contributed by atoms with Gasteiger partial charge in [0.15, 0.2) is 0 Å². The van der Waals surface area contributed by atoms with Crippen molar-refractivity contribution in [2.24, 2.45) is 5.73 Å². The number of aryl methyl sites for hydroxylation is 1. The van der Waals surface area contributed by atoms with Crippen molar-refractivity contribution < 1.29 is 9.59 Å². The van der Waals surface area contributed by atoms with E-state index >= 15 is 0 Å². The van der Waals surface area contributed by atoms with Crippen molar-refractivity contribution in [1.29, 1.82) is 0 Å². The van der Waals surface area contributed by atoms with Crippen molar-refractivity contribution >= 4 is 17.5 Å². The highest BCUT2D eigenvalue weighted by atomic mass is 16.2. The van der Waals surface area contributed by atoms with E-state index in [9.17, 15) is 9.59 Å². The largest absolute Gasteiger partial charge is 0.347 e. The lowest BCUT2D eigenvalue weighted by Gasteiger charge is -2.06. The Hall–Kier alpha value is -1.88. The van der Waals surface area contributed by atoms with Crippen LogP contribution in [-0.2, 0) is 16.0 Å². The summed E-state index contributed by atoms with van der Waals surface area (Å²) < 4.78 is 0. The van der Waals surface area contributed by atoms with Crippen molar-refractivity contribution in [3.8, 4) is 0 Å². The third kappa shape index (κ3) is 4.24. The Balaban J connectivity index is 2.52. The van der Waals surface area contributed by atoms with E-state index in [2.05, 4.69) is 10.6 Å². The summed E-state index contributed by atoms with van der Waals surface area (Å²) in [5.74, 6) is -1.35. The van der Waals surface area contributed by atoms with Crippen molar-refractivity contribution in [3.63, 3.8) is 0 Å². The molecule has 92 valence electrons. The van der Waals surface area contributed by atoms with Gasteiger partial charge in [-0.1, -0.05) is 19.1 Å². The van der Waals surface area contributed by atoms with Crippen LogP contribution in [0.1, 0.15) is 12.5 Å². The van der Waals surface area contributed by atoms with Crippen molar-refractivity contribution in [1.82, 2.24) is 5.32 Å². The van der Waals surface area contributed by atoms with E-state index in [1.54, 1.807) is 12.1 Å². The third-order valence-electron chi connectivity index (χ3n) is 2.26. The minimum Gasteiger partial charge on any atom is -0.347 e. The van der Waals surface area contributed by atoms with Gasteiger partial charge in [0.05, 0.1) is 0 Å². The number of nitrogens with two attached hydrogens (primary N) is 1. The van der Waals surface area contributed by atoms with Crippen molar-refractivity contribution in [2.45, 2.75) is 13.3 Å².